The number of amides is 1. The SMILES string of the molecule is CCCCCCCNC(=O)CNCC. The molecule has 0 spiro atoms. The number of carbonyl (C=O) groups excluding carboxylic acids is 1. The van der Waals surface area contributed by atoms with E-state index in [1.54, 1.807) is 0 Å². The van der Waals surface area contributed by atoms with Crippen LogP contribution in [0.3, 0.4) is 0 Å². The summed E-state index contributed by atoms with van der Waals surface area (Å²) in [7, 11) is 0. The lowest BCUT2D eigenvalue weighted by Crippen LogP contribution is -2.34. The van der Waals surface area contributed by atoms with Crippen LogP contribution in [0.15, 0.2) is 0 Å². The summed E-state index contributed by atoms with van der Waals surface area (Å²) in [5.74, 6) is 0.113. The van der Waals surface area contributed by atoms with E-state index >= 15 is 0 Å². The van der Waals surface area contributed by atoms with Gasteiger partial charge in [0, 0.05) is 6.54 Å². The van der Waals surface area contributed by atoms with Gasteiger partial charge in [0.05, 0.1) is 6.54 Å². The highest BCUT2D eigenvalue weighted by molar-refractivity contribution is 5.77. The van der Waals surface area contributed by atoms with Crippen LogP contribution in [0.2, 0.25) is 0 Å². The van der Waals surface area contributed by atoms with E-state index < -0.39 is 0 Å². The zero-order chi connectivity index (χ0) is 10.6. The maximum atomic E-state index is 11.1. The summed E-state index contributed by atoms with van der Waals surface area (Å²) in [6.07, 6.45) is 6.21. The van der Waals surface area contributed by atoms with E-state index in [0.29, 0.717) is 6.54 Å². The molecule has 0 aliphatic carbocycles. The molecule has 0 aromatic carbocycles. The second-order valence-corrected chi connectivity index (χ2v) is 3.54. The molecule has 1 amide bonds. The third-order valence-corrected chi connectivity index (χ3v) is 2.14. The Balaban J connectivity index is 3.07. The Morgan fingerprint density at radius 3 is 2.43 bits per heavy atom. The molecule has 0 bridgehead atoms. The molecule has 0 atom stereocenters. The largest absolute Gasteiger partial charge is 0.355 e. The highest BCUT2D eigenvalue weighted by Crippen LogP contribution is 2.00. The zero-order valence-corrected chi connectivity index (χ0v) is 9.57. The van der Waals surface area contributed by atoms with Gasteiger partial charge in [0.1, 0.15) is 0 Å². The Morgan fingerprint density at radius 1 is 1.07 bits per heavy atom. The number of rotatable bonds is 9. The number of likely N-dealkylation sites (N-methyl/N-ethyl adjacent to an activating group) is 1. The molecule has 2 N–H and O–H groups in total. The molecular formula is C11H24N2O. The van der Waals surface area contributed by atoms with E-state index in [9.17, 15) is 4.79 Å². The number of hydrogen-bond donors (Lipinski definition) is 2. The molecule has 84 valence electrons. The Hall–Kier alpha value is -0.570. The lowest BCUT2D eigenvalue weighted by atomic mass is 10.1. The summed E-state index contributed by atoms with van der Waals surface area (Å²) in [5, 5.41) is 5.89. The van der Waals surface area contributed by atoms with Crippen LogP contribution in [0.1, 0.15) is 46.0 Å². The number of unbranched alkanes of at least 4 members (excludes halogenated alkanes) is 4. The Bertz CT molecular complexity index is 137. The van der Waals surface area contributed by atoms with Gasteiger partial charge in [-0.3, -0.25) is 4.79 Å². The predicted molar refractivity (Wildman–Crippen MR) is 60.3 cm³/mol. The van der Waals surface area contributed by atoms with Crippen molar-refractivity contribution in [3.05, 3.63) is 0 Å². The third-order valence-electron chi connectivity index (χ3n) is 2.14. The lowest BCUT2D eigenvalue weighted by molar-refractivity contribution is -0.120. The minimum absolute atomic E-state index is 0.113. The standard InChI is InChI=1S/C11H24N2O/c1-3-5-6-7-8-9-13-11(14)10-12-4-2/h12H,3-10H2,1-2H3,(H,13,14). The summed E-state index contributed by atoms with van der Waals surface area (Å²) in [6, 6.07) is 0. The summed E-state index contributed by atoms with van der Waals surface area (Å²) in [6.45, 7) is 6.33. The molecule has 3 heteroatoms. The van der Waals surface area contributed by atoms with Crippen LogP contribution in [0.4, 0.5) is 0 Å². The maximum Gasteiger partial charge on any atom is 0.233 e. The molecule has 0 rings (SSSR count). The molecule has 0 aliphatic heterocycles. The minimum atomic E-state index is 0.113. The Labute approximate surface area is 87.6 Å². The molecule has 0 saturated carbocycles. The molecule has 3 nitrogen and oxygen atoms in total. The van der Waals surface area contributed by atoms with Gasteiger partial charge in [0.25, 0.3) is 0 Å². The van der Waals surface area contributed by atoms with Gasteiger partial charge < -0.3 is 10.6 Å². The van der Waals surface area contributed by atoms with E-state index in [1.165, 1.54) is 25.7 Å². The van der Waals surface area contributed by atoms with E-state index in [-0.39, 0.29) is 5.91 Å². The number of nitrogens with one attached hydrogen (secondary N) is 2. The van der Waals surface area contributed by atoms with Crippen molar-refractivity contribution >= 4 is 5.91 Å². The summed E-state index contributed by atoms with van der Waals surface area (Å²) >= 11 is 0. The molecule has 0 heterocycles. The van der Waals surface area contributed by atoms with Crippen molar-refractivity contribution in [2.75, 3.05) is 19.6 Å². The van der Waals surface area contributed by atoms with Crippen LogP contribution in [0, 0.1) is 0 Å². The zero-order valence-electron chi connectivity index (χ0n) is 9.57. The molecule has 0 aliphatic rings. The van der Waals surface area contributed by atoms with Crippen molar-refractivity contribution in [1.82, 2.24) is 10.6 Å². The number of carbonyl (C=O) groups is 1. The summed E-state index contributed by atoms with van der Waals surface area (Å²) in [5.41, 5.74) is 0. The van der Waals surface area contributed by atoms with Gasteiger partial charge in [-0.15, -0.1) is 0 Å². The van der Waals surface area contributed by atoms with Crippen molar-refractivity contribution in [2.24, 2.45) is 0 Å². The number of hydrogen-bond acceptors (Lipinski definition) is 2. The molecule has 0 aromatic rings. The van der Waals surface area contributed by atoms with Crippen LogP contribution >= 0.6 is 0 Å². The van der Waals surface area contributed by atoms with Crippen molar-refractivity contribution < 1.29 is 4.79 Å². The van der Waals surface area contributed by atoms with Gasteiger partial charge in [-0.25, -0.2) is 0 Å². The van der Waals surface area contributed by atoms with Crippen molar-refractivity contribution in [2.45, 2.75) is 46.0 Å². The topological polar surface area (TPSA) is 41.1 Å². The first-order chi connectivity index (χ1) is 6.81. The summed E-state index contributed by atoms with van der Waals surface area (Å²) in [4.78, 5) is 11.1. The predicted octanol–water partition coefficient (Wildman–Crippen LogP) is 1.68. The average molecular weight is 200 g/mol. The molecule has 0 radical (unpaired) electrons. The van der Waals surface area contributed by atoms with Gasteiger partial charge in [-0.2, -0.15) is 0 Å². The molecule has 0 fully saturated rings. The molecule has 14 heavy (non-hydrogen) atoms. The van der Waals surface area contributed by atoms with Crippen LogP contribution < -0.4 is 10.6 Å². The monoisotopic (exact) mass is 200 g/mol. The first-order valence-corrected chi connectivity index (χ1v) is 5.78. The molecule has 0 saturated heterocycles. The van der Waals surface area contributed by atoms with Gasteiger partial charge >= 0.3 is 0 Å². The van der Waals surface area contributed by atoms with Crippen LogP contribution in [0.5, 0.6) is 0 Å². The fourth-order valence-electron chi connectivity index (χ4n) is 1.26. The van der Waals surface area contributed by atoms with Gasteiger partial charge in [0.2, 0.25) is 5.91 Å². The van der Waals surface area contributed by atoms with Crippen molar-refractivity contribution in [3.63, 3.8) is 0 Å². The normalized spacial score (nSPS) is 10.1. The Kier molecular flexibility index (Phi) is 10.1. The van der Waals surface area contributed by atoms with E-state index in [1.807, 2.05) is 6.92 Å². The average Bonchev–Trinajstić information content (AvgIpc) is 2.20. The fourth-order valence-corrected chi connectivity index (χ4v) is 1.26. The van der Waals surface area contributed by atoms with E-state index in [0.717, 1.165) is 19.5 Å². The summed E-state index contributed by atoms with van der Waals surface area (Å²) < 4.78 is 0. The first kappa shape index (κ1) is 13.4. The van der Waals surface area contributed by atoms with Crippen molar-refractivity contribution in [3.8, 4) is 0 Å². The highest BCUT2D eigenvalue weighted by Gasteiger charge is 1.97. The van der Waals surface area contributed by atoms with Gasteiger partial charge in [-0.1, -0.05) is 39.5 Å². The first-order valence-electron chi connectivity index (χ1n) is 5.78. The molecule has 0 aromatic heterocycles. The van der Waals surface area contributed by atoms with E-state index in [2.05, 4.69) is 17.6 Å². The van der Waals surface area contributed by atoms with Crippen LogP contribution in [-0.4, -0.2) is 25.5 Å². The smallest absolute Gasteiger partial charge is 0.233 e. The molecular weight excluding hydrogens is 176 g/mol. The second kappa shape index (κ2) is 10.5. The van der Waals surface area contributed by atoms with Crippen LogP contribution in [-0.2, 0) is 4.79 Å². The minimum Gasteiger partial charge on any atom is -0.355 e. The quantitative estimate of drug-likeness (QED) is 0.556. The van der Waals surface area contributed by atoms with Gasteiger partial charge in [-0.05, 0) is 13.0 Å². The second-order valence-electron chi connectivity index (χ2n) is 3.54. The lowest BCUT2D eigenvalue weighted by Gasteiger charge is -2.04. The third kappa shape index (κ3) is 9.52. The maximum absolute atomic E-state index is 11.1. The molecule has 0 unspecified atom stereocenters. The fraction of sp³-hybridized carbons (Fsp3) is 0.909. The Morgan fingerprint density at radius 2 is 1.79 bits per heavy atom. The van der Waals surface area contributed by atoms with Gasteiger partial charge in [0.15, 0.2) is 0 Å². The van der Waals surface area contributed by atoms with Crippen LogP contribution in [0.25, 0.3) is 0 Å². The highest BCUT2D eigenvalue weighted by atomic mass is 16.1. The van der Waals surface area contributed by atoms with E-state index in [4.69, 9.17) is 0 Å². The van der Waals surface area contributed by atoms with Crippen molar-refractivity contribution in [1.29, 1.82) is 0 Å².